The second kappa shape index (κ2) is 71.3. The number of unbranched alkanes of at least 4 members (excludes halogenated alkanes) is 44. The van der Waals surface area contributed by atoms with Crippen LogP contribution in [-0.4, -0.2) is 37.2 Å². The van der Waals surface area contributed by atoms with E-state index >= 15 is 0 Å². The maximum atomic E-state index is 13.0. The molecule has 0 fully saturated rings. The molecule has 0 aromatic carbocycles. The SMILES string of the molecule is CC/C=C\C/C=C\C/C=C\CCCCCCCC(=O)OCC(COC(=O)CCCCCCCCCCCCCCCCC/C=C\C/C=C\CCCCCCC)OC(=O)CCCCCCCCCCCCC/C=C\CCCCCCCCCC. The van der Waals surface area contributed by atoms with Gasteiger partial charge in [0.25, 0.3) is 0 Å². The number of carbonyl (C=O) groups excluding carboxylic acids is 3. The fourth-order valence-corrected chi connectivity index (χ4v) is 10.7. The van der Waals surface area contributed by atoms with Crippen molar-refractivity contribution in [1.82, 2.24) is 0 Å². The summed E-state index contributed by atoms with van der Waals surface area (Å²) in [7, 11) is 0. The monoisotopic (exact) mass is 1160 g/mol. The van der Waals surface area contributed by atoms with E-state index in [9.17, 15) is 14.4 Å². The van der Waals surface area contributed by atoms with E-state index in [1.54, 1.807) is 0 Å². The minimum atomic E-state index is -0.784. The van der Waals surface area contributed by atoms with Gasteiger partial charge in [-0.15, -0.1) is 0 Å². The van der Waals surface area contributed by atoms with Crippen LogP contribution in [0.4, 0.5) is 0 Å². The van der Waals surface area contributed by atoms with Crippen molar-refractivity contribution in [2.45, 2.75) is 386 Å². The van der Waals surface area contributed by atoms with Gasteiger partial charge in [0.2, 0.25) is 0 Å². The van der Waals surface area contributed by atoms with E-state index in [0.717, 1.165) is 103 Å². The number of rotatable bonds is 67. The summed E-state index contributed by atoms with van der Waals surface area (Å²) in [5.41, 5.74) is 0. The number of esters is 3. The highest BCUT2D eigenvalue weighted by Crippen LogP contribution is 2.18. The van der Waals surface area contributed by atoms with E-state index in [2.05, 4.69) is 93.7 Å². The molecule has 1 atom stereocenters. The number of ether oxygens (including phenoxy) is 3. The van der Waals surface area contributed by atoms with Crippen LogP contribution in [0.3, 0.4) is 0 Å². The second-order valence-electron chi connectivity index (χ2n) is 24.5. The Hall–Kier alpha value is -3.15. The summed E-state index contributed by atoms with van der Waals surface area (Å²) in [6.45, 7) is 6.56. The first kappa shape index (κ1) is 79.8. The second-order valence-corrected chi connectivity index (χ2v) is 24.5. The fraction of sp³-hybridized carbons (Fsp3) is 0.805. The molecule has 0 N–H and O–H groups in total. The molecule has 0 aliphatic rings. The van der Waals surface area contributed by atoms with Crippen molar-refractivity contribution in [1.29, 1.82) is 0 Å². The number of hydrogen-bond donors (Lipinski definition) is 0. The molecule has 6 heteroatoms. The van der Waals surface area contributed by atoms with Crippen LogP contribution in [0.25, 0.3) is 0 Å². The number of hydrogen-bond acceptors (Lipinski definition) is 6. The van der Waals surface area contributed by atoms with Gasteiger partial charge < -0.3 is 14.2 Å². The van der Waals surface area contributed by atoms with Crippen LogP contribution < -0.4 is 0 Å². The molecule has 1 unspecified atom stereocenters. The summed E-state index contributed by atoms with van der Waals surface area (Å²) >= 11 is 0. The number of carbonyl (C=O) groups is 3. The van der Waals surface area contributed by atoms with Crippen molar-refractivity contribution in [2.75, 3.05) is 13.2 Å². The van der Waals surface area contributed by atoms with Gasteiger partial charge >= 0.3 is 17.9 Å². The van der Waals surface area contributed by atoms with Gasteiger partial charge in [0, 0.05) is 19.3 Å². The van der Waals surface area contributed by atoms with Gasteiger partial charge in [-0.05, 0) is 109 Å². The molecule has 0 radical (unpaired) electrons. The van der Waals surface area contributed by atoms with Crippen LogP contribution in [0.2, 0.25) is 0 Å². The summed E-state index contributed by atoms with van der Waals surface area (Å²) in [5.74, 6) is -0.875. The Morgan fingerprint density at radius 1 is 0.253 bits per heavy atom. The van der Waals surface area contributed by atoms with Crippen molar-refractivity contribution in [3.8, 4) is 0 Å². The topological polar surface area (TPSA) is 78.9 Å². The Balaban J connectivity index is 4.28. The van der Waals surface area contributed by atoms with E-state index in [1.807, 2.05) is 0 Å². The van der Waals surface area contributed by atoms with Crippen LogP contribution >= 0.6 is 0 Å². The summed E-state index contributed by atoms with van der Waals surface area (Å²) in [5, 5.41) is 0. The first-order valence-electron chi connectivity index (χ1n) is 36.4. The highest BCUT2D eigenvalue weighted by atomic mass is 16.6. The first-order chi connectivity index (χ1) is 41.0. The summed E-state index contributed by atoms with van der Waals surface area (Å²) in [4.78, 5) is 38.5. The predicted octanol–water partition coefficient (Wildman–Crippen LogP) is 25.2. The zero-order chi connectivity index (χ0) is 59.9. The Morgan fingerprint density at radius 2 is 0.470 bits per heavy atom. The Kier molecular flexibility index (Phi) is 68.6. The smallest absolute Gasteiger partial charge is 0.306 e. The van der Waals surface area contributed by atoms with Gasteiger partial charge in [0.05, 0.1) is 0 Å². The first-order valence-corrected chi connectivity index (χ1v) is 36.4. The lowest BCUT2D eigenvalue weighted by molar-refractivity contribution is -0.167. The van der Waals surface area contributed by atoms with Crippen molar-refractivity contribution in [2.24, 2.45) is 0 Å². The lowest BCUT2D eigenvalue weighted by Gasteiger charge is -2.18. The van der Waals surface area contributed by atoms with Crippen molar-refractivity contribution >= 4 is 17.9 Å². The van der Waals surface area contributed by atoms with E-state index < -0.39 is 6.10 Å². The van der Waals surface area contributed by atoms with Gasteiger partial charge in [-0.2, -0.15) is 0 Å². The number of allylic oxidation sites excluding steroid dienone is 12. The third-order valence-corrected chi connectivity index (χ3v) is 16.2. The van der Waals surface area contributed by atoms with Gasteiger partial charge in [-0.1, -0.05) is 325 Å². The average molecular weight is 1160 g/mol. The average Bonchev–Trinajstić information content (AvgIpc) is 3.49. The van der Waals surface area contributed by atoms with Gasteiger partial charge in [0.15, 0.2) is 6.10 Å². The maximum Gasteiger partial charge on any atom is 0.306 e. The molecule has 0 saturated carbocycles. The van der Waals surface area contributed by atoms with Gasteiger partial charge in [-0.3, -0.25) is 14.4 Å². The van der Waals surface area contributed by atoms with Gasteiger partial charge in [-0.25, -0.2) is 0 Å². The van der Waals surface area contributed by atoms with Gasteiger partial charge in [0.1, 0.15) is 13.2 Å². The summed E-state index contributed by atoms with van der Waals surface area (Å²) in [6, 6.07) is 0. The van der Waals surface area contributed by atoms with Crippen molar-refractivity contribution < 1.29 is 28.6 Å². The molecule has 0 heterocycles. The van der Waals surface area contributed by atoms with E-state index in [0.29, 0.717) is 19.3 Å². The lowest BCUT2D eigenvalue weighted by atomic mass is 10.0. The third kappa shape index (κ3) is 69.5. The molecule has 482 valence electrons. The fourth-order valence-electron chi connectivity index (χ4n) is 10.7. The molecule has 83 heavy (non-hydrogen) atoms. The molecule has 6 nitrogen and oxygen atoms in total. The molecular weight excluding hydrogens is 1020 g/mol. The van der Waals surface area contributed by atoms with E-state index in [4.69, 9.17) is 14.2 Å². The van der Waals surface area contributed by atoms with E-state index in [-0.39, 0.29) is 31.1 Å². The predicted molar refractivity (Wildman–Crippen MR) is 362 cm³/mol. The minimum absolute atomic E-state index is 0.0784. The summed E-state index contributed by atoms with van der Waals surface area (Å²) < 4.78 is 17.0. The minimum Gasteiger partial charge on any atom is -0.462 e. The molecular formula is C77H138O6. The van der Waals surface area contributed by atoms with Crippen LogP contribution in [0.5, 0.6) is 0 Å². The highest BCUT2D eigenvalue weighted by Gasteiger charge is 2.19. The zero-order valence-corrected chi connectivity index (χ0v) is 55.5. The molecule has 0 rings (SSSR count). The van der Waals surface area contributed by atoms with Crippen molar-refractivity contribution in [3.63, 3.8) is 0 Å². The van der Waals surface area contributed by atoms with Crippen LogP contribution in [-0.2, 0) is 28.6 Å². The zero-order valence-electron chi connectivity index (χ0n) is 55.5. The maximum absolute atomic E-state index is 13.0. The highest BCUT2D eigenvalue weighted by molar-refractivity contribution is 5.71. The largest absolute Gasteiger partial charge is 0.462 e. The molecule has 0 amide bonds. The normalized spacial score (nSPS) is 12.5. The third-order valence-electron chi connectivity index (χ3n) is 16.2. The molecule has 0 aromatic rings. The Bertz CT molecular complexity index is 1520. The van der Waals surface area contributed by atoms with Crippen LogP contribution in [0.15, 0.2) is 72.9 Å². The summed E-state index contributed by atoms with van der Waals surface area (Å²) in [6.07, 6.45) is 93.7. The standard InChI is InChI=1S/C77H138O6/c1-4-7-10-13-16-19-22-25-28-30-32-34-36-37-38-39-41-42-44-46-49-52-55-58-61-64-67-70-76(79)82-73-74(72-81-75(78)69-66-63-60-57-54-51-48-27-24-21-18-15-12-9-6-3)83-77(80)71-68-65-62-59-56-53-50-47-45-43-40-35-33-31-29-26-23-20-17-14-11-8-5-2/h9,12,18,21-22,25,27,30-33,48,74H,4-8,10-11,13-17,19-20,23-24,26,28-29,34-47,49-73H2,1-3H3/b12-9-,21-18-,25-22-,32-30-,33-31-,48-27-. The molecule has 0 bridgehead atoms. The molecule has 0 saturated heterocycles. The lowest BCUT2D eigenvalue weighted by Crippen LogP contribution is -2.30. The van der Waals surface area contributed by atoms with Crippen LogP contribution in [0.1, 0.15) is 380 Å². The molecule has 0 aromatic heterocycles. The molecule has 0 aliphatic heterocycles. The molecule has 0 aliphatic carbocycles. The molecule has 0 spiro atoms. The van der Waals surface area contributed by atoms with Crippen molar-refractivity contribution in [3.05, 3.63) is 72.9 Å². The van der Waals surface area contributed by atoms with Crippen LogP contribution in [0, 0.1) is 0 Å². The quantitative estimate of drug-likeness (QED) is 0.0261. The Labute approximate surface area is 516 Å². The Morgan fingerprint density at radius 3 is 0.747 bits per heavy atom. The van der Waals surface area contributed by atoms with E-state index in [1.165, 1.54) is 238 Å².